The summed E-state index contributed by atoms with van der Waals surface area (Å²) in [4.78, 5) is 0. The Morgan fingerprint density at radius 2 is 1.17 bits per heavy atom. The number of nitrogens with two attached hydrogens (primary N) is 10. The van der Waals surface area contributed by atoms with Gasteiger partial charge < -0.3 is 40.1 Å². The van der Waals surface area contributed by atoms with Crippen LogP contribution in [0.25, 0.3) is 0 Å². The highest BCUT2D eigenvalue weighted by Gasteiger charge is 2.60. The molecule has 0 aromatic carbocycles. The van der Waals surface area contributed by atoms with E-state index in [9.17, 15) is 0 Å². The van der Waals surface area contributed by atoms with Gasteiger partial charge in [-0.25, -0.2) is 0 Å². The van der Waals surface area contributed by atoms with Gasteiger partial charge in [-0.2, -0.15) is 0 Å². The van der Waals surface area contributed by atoms with Gasteiger partial charge in [0.05, 0.1) is 0 Å². The number of hydrogen-bond donors (Lipinski definition) is 10. The van der Waals surface area contributed by atoms with Crippen molar-refractivity contribution in [1.82, 2.24) is 0 Å². The molecule has 0 amide bonds. The molecule has 0 saturated carbocycles. The van der Waals surface area contributed by atoms with E-state index >= 15 is 0 Å². The maximum Gasteiger partial charge on any atom is 0.151 e. The summed E-state index contributed by atoms with van der Waals surface area (Å²) in [6.07, 6.45) is 0. The van der Waals surface area contributed by atoms with Crippen LogP contribution < -0.4 is 57.3 Å². The number of hydrogen-bond acceptors (Lipinski definition) is 10. The molecule has 0 aliphatic rings. The van der Waals surface area contributed by atoms with E-state index in [2.05, 4.69) is 11.8 Å². The first-order valence-corrected chi connectivity index (χ1v) is 5.01. The molecule has 0 aliphatic heterocycles. The molecule has 10 nitrogen and oxygen atoms in total. The second kappa shape index (κ2) is 4.68. The quantitative estimate of drug-likeness (QED) is 0.169. The lowest BCUT2D eigenvalue weighted by Crippen LogP contribution is -3.00. The van der Waals surface area contributed by atoms with Gasteiger partial charge in [0.1, 0.15) is 23.0 Å². The Morgan fingerprint density at radius 3 is 1.44 bits per heavy atom. The van der Waals surface area contributed by atoms with E-state index in [0.717, 1.165) is 0 Å². The van der Waals surface area contributed by atoms with Gasteiger partial charge in [0.25, 0.3) is 0 Å². The smallest absolute Gasteiger partial charge is 0.151 e. The van der Waals surface area contributed by atoms with E-state index in [0.29, 0.717) is 0 Å². The zero-order chi connectivity index (χ0) is 15.0. The first kappa shape index (κ1) is 17.2. The van der Waals surface area contributed by atoms with Gasteiger partial charge in [0.2, 0.25) is 0 Å². The van der Waals surface area contributed by atoms with Crippen molar-refractivity contribution < 1.29 is 0 Å². The monoisotopic (exact) mass is 260 g/mol. The van der Waals surface area contributed by atoms with E-state index in [1.165, 1.54) is 6.92 Å². The molecule has 0 aromatic heterocycles. The van der Waals surface area contributed by atoms with Gasteiger partial charge in [-0.3, -0.25) is 17.2 Å². The van der Waals surface area contributed by atoms with Crippen molar-refractivity contribution in [2.75, 3.05) is 0 Å². The van der Waals surface area contributed by atoms with E-state index in [1.807, 2.05) is 0 Å². The van der Waals surface area contributed by atoms with Gasteiger partial charge in [-0.05, 0) is 6.92 Å². The van der Waals surface area contributed by atoms with Crippen LogP contribution in [0.5, 0.6) is 0 Å². The zero-order valence-electron chi connectivity index (χ0n) is 10.4. The van der Waals surface area contributed by atoms with Crippen molar-refractivity contribution in [3.63, 3.8) is 0 Å². The minimum absolute atomic E-state index is 1.12. The second-order valence-electron chi connectivity index (χ2n) is 4.48. The summed E-state index contributed by atoms with van der Waals surface area (Å²) in [7, 11) is 0. The zero-order valence-corrected chi connectivity index (χ0v) is 10.4. The average molecular weight is 260 g/mol. The number of rotatable bonds is 4. The van der Waals surface area contributed by atoms with Crippen LogP contribution in [0.1, 0.15) is 6.92 Å². The van der Waals surface area contributed by atoms with Gasteiger partial charge >= 0.3 is 0 Å². The largest absolute Gasteiger partial charge is 0.315 e. The highest BCUT2D eigenvalue weighted by Crippen LogP contribution is 2.20. The lowest BCUT2D eigenvalue weighted by atomic mass is 9.76. The maximum absolute atomic E-state index is 5.78. The first-order valence-electron chi connectivity index (χ1n) is 5.01. The summed E-state index contributed by atoms with van der Waals surface area (Å²) in [5.41, 5.74) is 50.0. The SMILES string of the molecule is CC#CC(N)C(N)(N)C(N)(N)C(N)(N)C(N)(N)N. The average Bonchev–Trinajstić information content (AvgIpc) is 2.15. The van der Waals surface area contributed by atoms with Gasteiger partial charge in [-0.15, -0.1) is 5.92 Å². The minimum atomic E-state index is -2.21. The van der Waals surface area contributed by atoms with Crippen LogP contribution in [0, 0.1) is 11.8 Å². The van der Waals surface area contributed by atoms with Crippen LogP contribution in [0.15, 0.2) is 0 Å². The second-order valence-corrected chi connectivity index (χ2v) is 4.48. The summed E-state index contributed by atoms with van der Waals surface area (Å²) in [5.74, 6) is 2.87. The Balaban J connectivity index is 5.68. The third kappa shape index (κ3) is 2.46. The van der Waals surface area contributed by atoms with E-state index in [4.69, 9.17) is 57.3 Å². The predicted molar refractivity (Wildman–Crippen MR) is 70.0 cm³/mol. The molecule has 0 aliphatic carbocycles. The first-order chi connectivity index (χ1) is 7.73. The van der Waals surface area contributed by atoms with Crippen LogP contribution in [0.3, 0.4) is 0 Å². The van der Waals surface area contributed by atoms with Crippen LogP contribution >= 0.6 is 0 Å². The molecule has 20 N–H and O–H groups in total. The van der Waals surface area contributed by atoms with Crippen LogP contribution in [0.4, 0.5) is 0 Å². The Labute approximate surface area is 106 Å². The standard InChI is InChI=1S/C8H24N10/c1-2-3-4(9)5(10,11)6(12,13)7(14,15)8(16,17)18/h4H,9-18H2,1H3. The summed E-state index contributed by atoms with van der Waals surface area (Å²) < 4.78 is 0. The Kier molecular flexibility index (Phi) is 4.46. The Morgan fingerprint density at radius 1 is 0.778 bits per heavy atom. The maximum atomic E-state index is 5.78. The highest BCUT2D eigenvalue weighted by molar-refractivity contribution is 5.25. The van der Waals surface area contributed by atoms with Crippen molar-refractivity contribution in [2.45, 2.75) is 35.7 Å². The molecule has 0 heterocycles. The molecular weight excluding hydrogens is 236 g/mol. The molecule has 0 saturated heterocycles. The normalized spacial score (nSPS) is 15.9. The van der Waals surface area contributed by atoms with E-state index in [-0.39, 0.29) is 0 Å². The molecule has 106 valence electrons. The molecule has 10 heteroatoms. The summed E-state index contributed by atoms with van der Waals surface area (Å²) in [6.45, 7) is 1.53. The summed E-state index contributed by atoms with van der Waals surface area (Å²) in [5, 5.41) is 0. The van der Waals surface area contributed by atoms with E-state index < -0.39 is 28.8 Å². The van der Waals surface area contributed by atoms with Crippen LogP contribution in [-0.2, 0) is 0 Å². The third-order valence-electron chi connectivity index (χ3n) is 2.93. The fourth-order valence-corrected chi connectivity index (χ4v) is 1.25. The molecule has 0 aromatic rings. The van der Waals surface area contributed by atoms with Crippen LogP contribution in [0.2, 0.25) is 0 Å². The molecule has 0 radical (unpaired) electrons. The van der Waals surface area contributed by atoms with Crippen molar-refractivity contribution in [3.8, 4) is 11.8 Å². The lowest BCUT2D eigenvalue weighted by molar-refractivity contribution is 0.0535. The molecule has 0 fully saturated rings. The van der Waals surface area contributed by atoms with Crippen LogP contribution in [-0.4, -0.2) is 28.8 Å². The molecule has 0 spiro atoms. The molecule has 0 rings (SSSR count). The molecule has 18 heavy (non-hydrogen) atoms. The summed E-state index contributed by atoms with van der Waals surface area (Å²) in [6, 6.07) is -1.12. The highest BCUT2D eigenvalue weighted by atomic mass is 15.4. The molecule has 1 atom stereocenters. The Hall–Kier alpha value is -0.840. The fraction of sp³-hybridized carbons (Fsp3) is 0.750. The van der Waals surface area contributed by atoms with Crippen molar-refractivity contribution in [3.05, 3.63) is 0 Å². The van der Waals surface area contributed by atoms with Gasteiger partial charge in [-0.1, -0.05) is 5.92 Å². The lowest BCUT2D eigenvalue weighted by Gasteiger charge is -2.54. The van der Waals surface area contributed by atoms with Gasteiger partial charge in [0.15, 0.2) is 5.79 Å². The molecular formula is C8H24N10. The fourth-order valence-electron chi connectivity index (χ4n) is 1.25. The molecule has 1 unspecified atom stereocenters. The van der Waals surface area contributed by atoms with Crippen molar-refractivity contribution >= 4 is 0 Å². The summed E-state index contributed by atoms with van der Waals surface area (Å²) >= 11 is 0. The predicted octanol–water partition coefficient (Wildman–Crippen LogP) is -6.29. The Bertz CT molecular complexity index is 354. The third-order valence-corrected chi connectivity index (χ3v) is 2.93. The minimum Gasteiger partial charge on any atom is -0.315 e. The van der Waals surface area contributed by atoms with E-state index in [1.54, 1.807) is 0 Å². The van der Waals surface area contributed by atoms with Crippen molar-refractivity contribution in [1.29, 1.82) is 0 Å². The van der Waals surface area contributed by atoms with Crippen molar-refractivity contribution in [2.24, 2.45) is 57.3 Å². The topological polar surface area (TPSA) is 260 Å². The van der Waals surface area contributed by atoms with Gasteiger partial charge in [0, 0.05) is 0 Å². The molecule has 0 bridgehead atoms.